The second kappa shape index (κ2) is 3.96. The summed E-state index contributed by atoms with van der Waals surface area (Å²) in [5.74, 6) is 0. The highest BCUT2D eigenvalue weighted by Gasteiger charge is 2.16. The van der Waals surface area contributed by atoms with E-state index < -0.39 is 0 Å². The van der Waals surface area contributed by atoms with Gasteiger partial charge in [0.05, 0.1) is 18.1 Å². The normalized spacial score (nSPS) is 15.8. The topological polar surface area (TPSA) is 42.7 Å². The molecule has 4 heteroatoms. The molecule has 2 aromatic rings. The highest BCUT2D eigenvalue weighted by molar-refractivity contribution is 5.49. The molecule has 82 valence electrons. The van der Waals surface area contributed by atoms with Crippen LogP contribution >= 0.6 is 0 Å². The van der Waals surface area contributed by atoms with Gasteiger partial charge in [-0.1, -0.05) is 5.21 Å². The zero-order chi connectivity index (χ0) is 10.8. The Bertz CT molecular complexity index is 442. The first-order chi connectivity index (χ1) is 7.92. The lowest BCUT2D eigenvalue weighted by Gasteiger charge is -2.27. The van der Waals surface area contributed by atoms with Crippen LogP contribution in [0.3, 0.4) is 0 Å². The molecule has 0 saturated heterocycles. The van der Waals surface area contributed by atoms with E-state index in [1.807, 2.05) is 6.20 Å². The molecule has 1 heterocycles. The van der Waals surface area contributed by atoms with Gasteiger partial charge < -0.3 is 5.32 Å². The minimum absolute atomic E-state index is 0.678. The van der Waals surface area contributed by atoms with E-state index in [1.54, 1.807) is 10.9 Å². The van der Waals surface area contributed by atoms with Crippen molar-refractivity contribution in [2.24, 2.45) is 0 Å². The van der Waals surface area contributed by atoms with Crippen molar-refractivity contribution in [1.82, 2.24) is 15.0 Å². The summed E-state index contributed by atoms with van der Waals surface area (Å²) >= 11 is 0. The Morgan fingerprint density at radius 2 is 2.00 bits per heavy atom. The molecule has 3 rings (SSSR count). The van der Waals surface area contributed by atoms with Crippen LogP contribution in [0.15, 0.2) is 36.7 Å². The molecule has 1 aliphatic carbocycles. The van der Waals surface area contributed by atoms with E-state index >= 15 is 0 Å². The van der Waals surface area contributed by atoms with Crippen molar-refractivity contribution < 1.29 is 0 Å². The molecular weight excluding hydrogens is 200 g/mol. The quantitative estimate of drug-likeness (QED) is 0.852. The second-order valence-corrected chi connectivity index (χ2v) is 4.17. The van der Waals surface area contributed by atoms with Crippen LogP contribution in [0, 0.1) is 0 Å². The van der Waals surface area contributed by atoms with Crippen molar-refractivity contribution in [1.29, 1.82) is 0 Å². The lowest BCUT2D eigenvalue weighted by atomic mass is 9.93. The molecular formula is C12H14N4. The summed E-state index contributed by atoms with van der Waals surface area (Å²) in [6.45, 7) is 0. The Labute approximate surface area is 94.3 Å². The zero-order valence-electron chi connectivity index (χ0n) is 9.00. The van der Waals surface area contributed by atoms with Crippen molar-refractivity contribution in [3.63, 3.8) is 0 Å². The molecule has 16 heavy (non-hydrogen) atoms. The average molecular weight is 214 g/mol. The van der Waals surface area contributed by atoms with Gasteiger partial charge in [-0.15, -0.1) is 5.10 Å². The summed E-state index contributed by atoms with van der Waals surface area (Å²) < 4.78 is 1.76. The van der Waals surface area contributed by atoms with Crippen LogP contribution in [0.4, 0.5) is 5.69 Å². The lowest BCUT2D eigenvalue weighted by Crippen LogP contribution is -2.26. The molecule has 0 atom stereocenters. The molecule has 1 aromatic heterocycles. The van der Waals surface area contributed by atoms with Crippen LogP contribution in [0.5, 0.6) is 0 Å². The molecule has 1 aromatic carbocycles. The fraction of sp³-hybridized carbons (Fsp3) is 0.333. The first kappa shape index (κ1) is 9.39. The predicted molar refractivity (Wildman–Crippen MR) is 62.6 cm³/mol. The van der Waals surface area contributed by atoms with Gasteiger partial charge in [0.2, 0.25) is 0 Å². The Hall–Kier alpha value is -1.84. The number of hydrogen-bond donors (Lipinski definition) is 1. The van der Waals surface area contributed by atoms with Gasteiger partial charge in [0, 0.05) is 11.7 Å². The highest BCUT2D eigenvalue weighted by Crippen LogP contribution is 2.23. The SMILES string of the molecule is c1cn(-c2ccc(NC3CCC3)cc2)nn1. The summed E-state index contributed by atoms with van der Waals surface area (Å²) in [4.78, 5) is 0. The van der Waals surface area contributed by atoms with Gasteiger partial charge in [0.15, 0.2) is 0 Å². The van der Waals surface area contributed by atoms with E-state index in [4.69, 9.17) is 0 Å². The fourth-order valence-electron chi connectivity index (χ4n) is 1.84. The molecule has 1 aliphatic rings. The third kappa shape index (κ3) is 1.78. The fourth-order valence-corrected chi connectivity index (χ4v) is 1.84. The van der Waals surface area contributed by atoms with E-state index in [2.05, 4.69) is 39.9 Å². The Morgan fingerprint density at radius 1 is 1.19 bits per heavy atom. The van der Waals surface area contributed by atoms with Crippen molar-refractivity contribution >= 4 is 5.69 Å². The molecule has 1 N–H and O–H groups in total. The minimum Gasteiger partial charge on any atom is -0.382 e. The van der Waals surface area contributed by atoms with Gasteiger partial charge in [0.25, 0.3) is 0 Å². The number of nitrogens with zero attached hydrogens (tertiary/aromatic N) is 3. The number of rotatable bonds is 3. The number of aromatic nitrogens is 3. The predicted octanol–water partition coefficient (Wildman–Crippen LogP) is 2.23. The van der Waals surface area contributed by atoms with Gasteiger partial charge in [-0.05, 0) is 43.5 Å². The molecule has 1 saturated carbocycles. The number of nitrogens with one attached hydrogen (secondary N) is 1. The van der Waals surface area contributed by atoms with Gasteiger partial charge in [-0.2, -0.15) is 0 Å². The van der Waals surface area contributed by atoms with Crippen LogP contribution in [-0.4, -0.2) is 21.0 Å². The van der Waals surface area contributed by atoms with Crippen LogP contribution < -0.4 is 5.32 Å². The Kier molecular flexibility index (Phi) is 2.33. The minimum atomic E-state index is 0.678. The largest absolute Gasteiger partial charge is 0.382 e. The average Bonchev–Trinajstić information content (AvgIpc) is 2.78. The zero-order valence-corrected chi connectivity index (χ0v) is 9.00. The van der Waals surface area contributed by atoms with Gasteiger partial charge in [-0.25, -0.2) is 4.68 Å². The third-order valence-corrected chi connectivity index (χ3v) is 3.03. The van der Waals surface area contributed by atoms with Crippen LogP contribution in [0.1, 0.15) is 19.3 Å². The first-order valence-electron chi connectivity index (χ1n) is 5.65. The summed E-state index contributed by atoms with van der Waals surface area (Å²) in [6.07, 6.45) is 7.47. The van der Waals surface area contributed by atoms with Crippen LogP contribution in [-0.2, 0) is 0 Å². The molecule has 0 radical (unpaired) electrons. The summed E-state index contributed by atoms with van der Waals surface area (Å²) in [5, 5.41) is 11.2. The Morgan fingerprint density at radius 3 is 2.56 bits per heavy atom. The standard InChI is InChI=1S/C12H14N4/c1-2-10(3-1)14-11-4-6-12(7-5-11)16-9-8-13-15-16/h4-10,14H,1-3H2. The molecule has 4 nitrogen and oxygen atoms in total. The lowest BCUT2D eigenvalue weighted by molar-refractivity contribution is 0.445. The van der Waals surface area contributed by atoms with E-state index in [0.29, 0.717) is 6.04 Å². The summed E-state index contributed by atoms with van der Waals surface area (Å²) in [7, 11) is 0. The van der Waals surface area contributed by atoms with E-state index in [1.165, 1.54) is 24.9 Å². The monoisotopic (exact) mass is 214 g/mol. The van der Waals surface area contributed by atoms with Crippen molar-refractivity contribution in [3.8, 4) is 5.69 Å². The molecule has 0 unspecified atom stereocenters. The van der Waals surface area contributed by atoms with Crippen LogP contribution in [0.2, 0.25) is 0 Å². The smallest absolute Gasteiger partial charge is 0.0697 e. The number of hydrogen-bond acceptors (Lipinski definition) is 3. The van der Waals surface area contributed by atoms with Crippen molar-refractivity contribution in [2.75, 3.05) is 5.32 Å². The summed E-state index contributed by atoms with van der Waals surface area (Å²) in [6, 6.07) is 8.97. The van der Waals surface area contributed by atoms with Gasteiger partial charge in [-0.3, -0.25) is 0 Å². The van der Waals surface area contributed by atoms with Gasteiger partial charge in [0.1, 0.15) is 0 Å². The number of benzene rings is 1. The molecule has 0 aliphatic heterocycles. The molecule has 1 fully saturated rings. The maximum absolute atomic E-state index is 3.95. The maximum atomic E-state index is 3.95. The van der Waals surface area contributed by atoms with E-state index in [0.717, 1.165) is 5.69 Å². The van der Waals surface area contributed by atoms with Gasteiger partial charge >= 0.3 is 0 Å². The van der Waals surface area contributed by atoms with Crippen molar-refractivity contribution in [3.05, 3.63) is 36.7 Å². The number of anilines is 1. The molecule has 0 amide bonds. The second-order valence-electron chi connectivity index (χ2n) is 4.17. The Balaban J connectivity index is 1.74. The molecule has 0 bridgehead atoms. The third-order valence-electron chi connectivity index (χ3n) is 3.03. The van der Waals surface area contributed by atoms with Crippen LogP contribution in [0.25, 0.3) is 5.69 Å². The van der Waals surface area contributed by atoms with Crippen molar-refractivity contribution in [2.45, 2.75) is 25.3 Å². The van der Waals surface area contributed by atoms with E-state index in [-0.39, 0.29) is 0 Å². The summed E-state index contributed by atoms with van der Waals surface area (Å²) in [5.41, 5.74) is 2.23. The maximum Gasteiger partial charge on any atom is 0.0697 e. The first-order valence-corrected chi connectivity index (χ1v) is 5.65. The highest BCUT2D eigenvalue weighted by atomic mass is 15.4. The van der Waals surface area contributed by atoms with E-state index in [9.17, 15) is 0 Å². The molecule has 0 spiro atoms.